The number of rotatable bonds is 3. The zero-order chi connectivity index (χ0) is 14.3. The lowest BCUT2D eigenvalue weighted by atomic mass is 9.90. The molecule has 0 atom stereocenters. The average Bonchev–Trinajstić information content (AvgIpc) is 2.80. The number of fused-ring (bicyclic) bond motifs is 2. The van der Waals surface area contributed by atoms with Crippen molar-refractivity contribution >= 4 is 11.6 Å². The van der Waals surface area contributed by atoms with Gasteiger partial charge in [-0.25, -0.2) is 0 Å². The first kappa shape index (κ1) is 12.5. The van der Waals surface area contributed by atoms with Crippen LogP contribution in [0.5, 0.6) is 0 Å². The summed E-state index contributed by atoms with van der Waals surface area (Å²) in [7, 11) is 0. The van der Waals surface area contributed by atoms with Crippen molar-refractivity contribution in [1.82, 2.24) is 9.78 Å². The molecule has 0 bridgehead atoms. The fourth-order valence-electron chi connectivity index (χ4n) is 2.31. The second kappa shape index (κ2) is 4.52. The van der Waals surface area contributed by atoms with Gasteiger partial charge in [0.25, 0.3) is 0 Å². The van der Waals surface area contributed by atoms with Gasteiger partial charge in [-0.2, -0.15) is 0 Å². The van der Waals surface area contributed by atoms with Crippen LogP contribution in [0.4, 0.5) is 4.39 Å². The van der Waals surface area contributed by atoms with Crippen LogP contribution in [-0.4, -0.2) is 28.0 Å². The van der Waals surface area contributed by atoms with Gasteiger partial charge in [0.1, 0.15) is 0 Å². The predicted octanol–water partition coefficient (Wildman–Crippen LogP) is 0.652. The SMILES string of the molecule is O=C1c2ccccc2C(=O)c2c1n[n+]([O-])n2CCCF. The minimum atomic E-state index is -0.619. The molecule has 1 aromatic carbocycles. The molecule has 102 valence electrons. The predicted molar refractivity (Wildman–Crippen MR) is 65.1 cm³/mol. The highest BCUT2D eigenvalue weighted by molar-refractivity contribution is 6.26. The Morgan fingerprint density at radius 2 is 1.85 bits per heavy atom. The molecule has 2 aromatic rings. The third-order valence-electron chi connectivity index (χ3n) is 3.22. The quantitative estimate of drug-likeness (QED) is 0.519. The first-order chi connectivity index (χ1) is 9.65. The maximum Gasteiger partial charge on any atom is 0.220 e. The number of benzene rings is 1. The molecular weight excluding hydrogens is 265 g/mol. The summed E-state index contributed by atoms with van der Waals surface area (Å²) in [5.74, 6) is -0.894. The highest BCUT2D eigenvalue weighted by Crippen LogP contribution is 2.25. The van der Waals surface area contributed by atoms with Gasteiger partial charge in [0.05, 0.1) is 13.2 Å². The van der Waals surface area contributed by atoms with Crippen LogP contribution in [0.15, 0.2) is 24.3 Å². The molecule has 0 radical (unpaired) electrons. The maximum atomic E-state index is 12.4. The Labute approximate surface area is 113 Å². The van der Waals surface area contributed by atoms with E-state index in [1.807, 2.05) is 0 Å². The lowest BCUT2D eigenvalue weighted by molar-refractivity contribution is -0.749. The second-order valence-corrected chi connectivity index (χ2v) is 4.42. The third kappa shape index (κ3) is 1.63. The van der Waals surface area contributed by atoms with Crippen molar-refractivity contribution < 1.29 is 18.9 Å². The zero-order valence-corrected chi connectivity index (χ0v) is 10.4. The molecule has 0 aliphatic heterocycles. The van der Waals surface area contributed by atoms with Crippen LogP contribution in [0.2, 0.25) is 0 Å². The summed E-state index contributed by atoms with van der Waals surface area (Å²) in [6, 6.07) is 6.33. The lowest BCUT2D eigenvalue weighted by Crippen LogP contribution is -2.41. The van der Waals surface area contributed by atoms with E-state index in [1.165, 1.54) is 12.1 Å². The average molecular weight is 275 g/mol. The Kier molecular flexibility index (Phi) is 2.81. The van der Waals surface area contributed by atoms with Crippen molar-refractivity contribution in [2.24, 2.45) is 0 Å². The van der Waals surface area contributed by atoms with E-state index in [1.54, 1.807) is 12.1 Å². The van der Waals surface area contributed by atoms with E-state index >= 15 is 0 Å². The molecule has 1 aliphatic rings. The van der Waals surface area contributed by atoms with Gasteiger partial charge >= 0.3 is 0 Å². The largest absolute Gasteiger partial charge is 0.571 e. The van der Waals surface area contributed by atoms with Gasteiger partial charge in [-0.05, 0) is 6.42 Å². The second-order valence-electron chi connectivity index (χ2n) is 4.42. The van der Waals surface area contributed by atoms with Crippen LogP contribution in [-0.2, 0) is 6.54 Å². The number of aromatic nitrogens is 3. The van der Waals surface area contributed by atoms with E-state index in [9.17, 15) is 19.2 Å². The summed E-state index contributed by atoms with van der Waals surface area (Å²) in [5.41, 5.74) is 0.257. The third-order valence-corrected chi connectivity index (χ3v) is 3.22. The Hall–Kier alpha value is -2.57. The molecule has 0 amide bonds. The van der Waals surface area contributed by atoms with Crippen molar-refractivity contribution in [2.75, 3.05) is 6.67 Å². The summed E-state index contributed by atoms with van der Waals surface area (Å²) < 4.78 is 13.3. The minimum Gasteiger partial charge on any atom is -0.571 e. The molecule has 7 heteroatoms. The maximum absolute atomic E-state index is 12.4. The van der Waals surface area contributed by atoms with Crippen LogP contribution < -0.4 is 4.96 Å². The molecule has 0 unspecified atom stereocenters. The van der Waals surface area contributed by atoms with Gasteiger partial charge in [0, 0.05) is 21.2 Å². The molecule has 0 saturated carbocycles. The molecule has 0 saturated heterocycles. The van der Waals surface area contributed by atoms with Gasteiger partial charge in [0.15, 0.2) is 5.69 Å². The van der Waals surface area contributed by atoms with Crippen molar-refractivity contribution in [3.8, 4) is 0 Å². The molecule has 0 spiro atoms. The Morgan fingerprint density at radius 1 is 1.20 bits per heavy atom. The molecule has 1 aromatic heterocycles. The van der Waals surface area contributed by atoms with Gasteiger partial charge in [-0.1, -0.05) is 24.3 Å². The number of ketones is 2. The number of nitrogens with zero attached hydrogens (tertiary/aromatic N) is 3. The van der Waals surface area contributed by atoms with Crippen molar-refractivity contribution in [3.05, 3.63) is 52.0 Å². The van der Waals surface area contributed by atoms with Crippen LogP contribution >= 0.6 is 0 Å². The minimum absolute atomic E-state index is 0.00349. The van der Waals surface area contributed by atoms with E-state index in [-0.39, 0.29) is 40.4 Å². The smallest absolute Gasteiger partial charge is 0.220 e. The molecule has 1 heterocycles. The molecule has 0 fully saturated rings. The van der Waals surface area contributed by atoms with Crippen molar-refractivity contribution in [1.29, 1.82) is 0 Å². The topological polar surface area (TPSA) is 78.9 Å². The normalized spacial score (nSPS) is 13.2. The van der Waals surface area contributed by atoms with Crippen LogP contribution in [0.3, 0.4) is 0 Å². The van der Waals surface area contributed by atoms with E-state index in [0.29, 0.717) is 0 Å². The summed E-state index contributed by atoms with van der Waals surface area (Å²) >= 11 is 0. The fraction of sp³-hybridized carbons (Fsp3) is 0.231. The molecule has 6 nitrogen and oxygen atoms in total. The first-order valence-corrected chi connectivity index (χ1v) is 6.10. The Balaban J connectivity index is 2.18. The molecule has 3 rings (SSSR count). The standard InChI is InChI=1S/C13H10FN3O3/c14-6-3-7-16-11-10(15-17(16)20)12(18)8-4-1-2-5-9(8)13(11)19/h1-2,4-5H,3,6-7H2. The number of carbonyl (C=O) groups excluding carboxylic acids is 2. The van der Waals surface area contributed by atoms with E-state index < -0.39 is 18.2 Å². The Bertz CT molecular complexity index is 724. The first-order valence-electron chi connectivity index (χ1n) is 6.10. The number of hydrogen-bond donors (Lipinski definition) is 0. The summed E-state index contributed by atoms with van der Waals surface area (Å²) in [5, 5.41) is 15.3. The molecule has 1 aliphatic carbocycles. The van der Waals surface area contributed by atoms with Gasteiger partial charge in [-0.15, -0.1) is 4.68 Å². The fourth-order valence-corrected chi connectivity index (χ4v) is 2.31. The monoisotopic (exact) mass is 275 g/mol. The number of carbonyl (C=O) groups is 2. The summed E-state index contributed by atoms with van der Waals surface area (Å²) in [4.78, 5) is 24.8. The van der Waals surface area contributed by atoms with Crippen LogP contribution in [0.1, 0.15) is 38.5 Å². The summed E-state index contributed by atoms with van der Waals surface area (Å²) in [6.07, 6.45) is 0.0775. The molecule has 0 N–H and O–H groups in total. The number of halogens is 1. The van der Waals surface area contributed by atoms with Gasteiger partial charge < -0.3 is 5.21 Å². The summed E-state index contributed by atoms with van der Waals surface area (Å²) in [6.45, 7) is -0.616. The van der Waals surface area contributed by atoms with Gasteiger partial charge in [-0.3, -0.25) is 14.0 Å². The van der Waals surface area contributed by atoms with E-state index in [0.717, 1.165) is 4.68 Å². The highest BCUT2D eigenvalue weighted by atomic mass is 19.1. The highest BCUT2D eigenvalue weighted by Gasteiger charge is 2.38. The van der Waals surface area contributed by atoms with Crippen LogP contribution in [0.25, 0.3) is 0 Å². The molecular formula is C13H10FN3O3. The Morgan fingerprint density at radius 3 is 2.50 bits per heavy atom. The van der Waals surface area contributed by atoms with Crippen molar-refractivity contribution in [2.45, 2.75) is 13.0 Å². The lowest BCUT2D eigenvalue weighted by Gasteiger charge is -2.11. The zero-order valence-electron chi connectivity index (χ0n) is 10.4. The molecule has 20 heavy (non-hydrogen) atoms. The number of alkyl halides is 1. The van der Waals surface area contributed by atoms with E-state index in [2.05, 4.69) is 5.10 Å². The van der Waals surface area contributed by atoms with E-state index in [4.69, 9.17) is 0 Å². The van der Waals surface area contributed by atoms with Gasteiger partial charge in [0.2, 0.25) is 17.3 Å². The van der Waals surface area contributed by atoms with Crippen molar-refractivity contribution in [3.63, 3.8) is 0 Å². The number of hydrogen-bond acceptors (Lipinski definition) is 4. The van der Waals surface area contributed by atoms with Crippen LogP contribution in [0, 0.1) is 5.21 Å².